The molecule has 1 aromatic carbocycles. The van der Waals surface area contributed by atoms with Gasteiger partial charge in [-0.05, 0) is 30.6 Å². The Labute approximate surface area is 132 Å². The Morgan fingerprint density at radius 3 is 2.52 bits per heavy atom. The Balaban J connectivity index is 2.34. The fraction of sp³-hybridized carbons (Fsp3) is 0.500. The van der Waals surface area contributed by atoms with Crippen LogP contribution in [0.4, 0.5) is 0 Å². The van der Waals surface area contributed by atoms with E-state index < -0.39 is 0 Å². The highest BCUT2D eigenvalue weighted by Gasteiger charge is 2.29. The molecule has 1 aliphatic carbocycles. The van der Waals surface area contributed by atoms with Gasteiger partial charge in [0.25, 0.3) is 0 Å². The summed E-state index contributed by atoms with van der Waals surface area (Å²) in [6, 6.07) is 10.8. The Morgan fingerprint density at radius 1 is 1.29 bits per heavy atom. The second kappa shape index (κ2) is 8.40. The third kappa shape index (κ3) is 4.45. The SMILES string of the molecule is C=C(CN)N=C(SC)C(c1ccccc1)C1CCCCC1. The van der Waals surface area contributed by atoms with Gasteiger partial charge in [0.2, 0.25) is 0 Å². The first-order valence-corrected chi connectivity index (χ1v) is 9.04. The van der Waals surface area contributed by atoms with E-state index in [-0.39, 0.29) is 0 Å². The van der Waals surface area contributed by atoms with Crippen molar-refractivity contribution < 1.29 is 0 Å². The van der Waals surface area contributed by atoms with Crippen LogP contribution in [0.3, 0.4) is 0 Å². The van der Waals surface area contributed by atoms with Gasteiger partial charge in [0.05, 0.1) is 5.04 Å². The largest absolute Gasteiger partial charge is 0.325 e. The lowest BCUT2D eigenvalue weighted by Crippen LogP contribution is -2.23. The van der Waals surface area contributed by atoms with Gasteiger partial charge in [0, 0.05) is 18.2 Å². The molecular formula is C18H26N2S. The van der Waals surface area contributed by atoms with E-state index in [4.69, 9.17) is 10.7 Å². The Bertz CT molecular complexity index is 475. The average Bonchev–Trinajstić information content (AvgIpc) is 2.56. The average molecular weight is 302 g/mol. The molecule has 1 atom stereocenters. The summed E-state index contributed by atoms with van der Waals surface area (Å²) in [6.45, 7) is 4.38. The van der Waals surface area contributed by atoms with Crippen LogP contribution in [-0.2, 0) is 0 Å². The van der Waals surface area contributed by atoms with Gasteiger partial charge >= 0.3 is 0 Å². The van der Waals surface area contributed by atoms with Gasteiger partial charge in [0.1, 0.15) is 0 Å². The monoisotopic (exact) mass is 302 g/mol. The molecule has 114 valence electrons. The predicted molar refractivity (Wildman–Crippen MR) is 94.9 cm³/mol. The zero-order valence-electron chi connectivity index (χ0n) is 12.9. The molecule has 1 saturated carbocycles. The number of nitrogens with zero attached hydrogens (tertiary/aromatic N) is 1. The first-order chi connectivity index (χ1) is 10.3. The maximum atomic E-state index is 5.68. The molecule has 0 amide bonds. The van der Waals surface area contributed by atoms with E-state index in [2.05, 4.69) is 43.2 Å². The molecule has 1 aliphatic rings. The van der Waals surface area contributed by atoms with Crippen LogP contribution in [0.25, 0.3) is 0 Å². The quantitative estimate of drug-likeness (QED) is 0.638. The van der Waals surface area contributed by atoms with E-state index in [0.717, 1.165) is 5.70 Å². The second-order valence-electron chi connectivity index (χ2n) is 5.71. The molecule has 0 radical (unpaired) electrons. The van der Waals surface area contributed by atoms with Crippen LogP contribution >= 0.6 is 11.8 Å². The van der Waals surface area contributed by atoms with Crippen LogP contribution in [0.5, 0.6) is 0 Å². The van der Waals surface area contributed by atoms with Crippen molar-refractivity contribution in [2.45, 2.75) is 38.0 Å². The molecule has 21 heavy (non-hydrogen) atoms. The molecule has 0 saturated heterocycles. The Morgan fingerprint density at radius 2 is 1.95 bits per heavy atom. The van der Waals surface area contributed by atoms with Crippen molar-refractivity contribution in [3.63, 3.8) is 0 Å². The molecule has 1 fully saturated rings. The first kappa shape index (κ1) is 16.3. The van der Waals surface area contributed by atoms with E-state index in [9.17, 15) is 0 Å². The topological polar surface area (TPSA) is 38.4 Å². The van der Waals surface area contributed by atoms with Crippen LogP contribution in [-0.4, -0.2) is 17.8 Å². The minimum absolute atomic E-state index is 0.393. The van der Waals surface area contributed by atoms with E-state index in [0.29, 0.717) is 18.4 Å². The Hall–Kier alpha value is -1.06. The second-order valence-corrected chi connectivity index (χ2v) is 6.54. The van der Waals surface area contributed by atoms with Crippen LogP contribution in [0, 0.1) is 5.92 Å². The van der Waals surface area contributed by atoms with Gasteiger partial charge in [-0.1, -0.05) is 56.2 Å². The zero-order chi connectivity index (χ0) is 15.1. The zero-order valence-corrected chi connectivity index (χ0v) is 13.7. The van der Waals surface area contributed by atoms with Gasteiger partial charge in [-0.2, -0.15) is 0 Å². The normalized spacial score (nSPS) is 18.5. The van der Waals surface area contributed by atoms with E-state index >= 15 is 0 Å². The van der Waals surface area contributed by atoms with Gasteiger partial charge in [-0.25, -0.2) is 4.99 Å². The van der Waals surface area contributed by atoms with Crippen molar-refractivity contribution in [1.82, 2.24) is 0 Å². The summed E-state index contributed by atoms with van der Waals surface area (Å²) in [5.74, 6) is 1.09. The molecule has 1 unspecified atom stereocenters. The molecule has 1 aromatic rings. The minimum atomic E-state index is 0.393. The van der Waals surface area contributed by atoms with Gasteiger partial charge in [0.15, 0.2) is 0 Å². The summed E-state index contributed by atoms with van der Waals surface area (Å²) >= 11 is 1.74. The number of hydrogen-bond acceptors (Lipinski definition) is 3. The van der Waals surface area contributed by atoms with Gasteiger partial charge in [-0.15, -0.1) is 11.8 Å². The smallest absolute Gasteiger partial charge is 0.0810 e. The Kier molecular flexibility index (Phi) is 6.52. The predicted octanol–water partition coefficient (Wildman–Crippen LogP) is 4.58. The fourth-order valence-electron chi connectivity index (χ4n) is 3.19. The molecule has 0 spiro atoms. The molecule has 0 aliphatic heterocycles. The minimum Gasteiger partial charge on any atom is -0.325 e. The van der Waals surface area contributed by atoms with Crippen molar-refractivity contribution >= 4 is 16.8 Å². The molecular weight excluding hydrogens is 276 g/mol. The van der Waals surface area contributed by atoms with Crippen molar-refractivity contribution in [3.05, 3.63) is 48.2 Å². The molecule has 0 heterocycles. The van der Waals surface area contributed by atoms with Crippen molar-refractivity contribution in [2.24, 2.45) is 16.6 Å². The summed E-state index contributed by atoms with van der Waals surface area (Å²) in [4.78, 5) is 4.73. The number of thioether (sulfide) groups is 1. The van der Waals surface area contributed by atoms with Crippen LogP contribution in [0.1, 0.15) is 43.6 Å². The highest BCUT2D eigenvalue weighted by Crippen LogP contribution is 2.39. The molecule has 2 N–H and O–H groups in total. The molecule has 0 bridgehead atoms. The van der Waals surface area contributed by atoms with Gasteiger partial charge < -0.3 is 5.73 Å². The number of benzene rings is 1. The van der Waals surface area contributed by atoms with Crippen LogP contribution < -0.4 is 5.73 Å². The molecule has 2 nitrogen and oxygen atoms in total. The van der Waals surface area contributed by atoms with Crippen LogP contribution in [0.15, 0.2) is 47.6 Å². The van der Waals surface area contributed by atoms with Crippen molar-refractivity contribution in [3.8, 4) is 0 Å². The standard InChI is InChI=1S/C18H26N2S/c1-14(13-19)20-18(21-2)17(15-9-5-3-6-10-15)16-11-7-4-8-12-16/h3,5-6,9-10,16-17H,1,4,7-8,11-13,19H2,2H3. The highest BCUT2D eigenvalue weighted by atomic mass is 32.2. The number of aliphatic imine (C=N–C) groups is 1. The maximum absolute atomic E-state index is 5.68. The van der Waals surface area contributed by atoms with Crippen molar-refractivity contribution in [2.75, 3.05) is 12.8 Å². The summed E-state index contributed by atoms with van der Waals surface area (Å²) in [5, 5.41) is 1.17. The lowest BCUT2D eigenvalue weighted by Gasteiger charge is -2.31. The van der Waals surface area contributed by atoms with Gasteiger partial charge in [-0.3, -0.25) is 0 Å². The van der Waals surface area contributed by atoms with E-state index in [1.54, 1.807) is 11.8 Å². The maximum Gasteiger partial charge on any atom is 0.0810 e. The molecule has 3 heteroatoms. The van der Waals surface area contributed by atoms with Crippen molar-refractivity contribution in [1.29, 1.82) is 0 Å². The van der Waals surface area contributed by atoms with E-state index in [1.807, 2.05) is 0 Å². The fourth-order valence-corrected chi connectivity index (χ4v) is 3.99. The third-order valence-electron chi connectivity index (χ3n) is 4.26. The first-order valence-electron chi connectivity index (χ1n) is 7.81. The number of rotatable bonds is 5. The summed E-state index contributed by atoms with van der Waals surface area (Å²) < 4.78 is 0. The summed E-state index contributed by atoms with van der Waals surface area (Å²) in [7, 11) is 0. The van der Waals surface area contributed by atoms with Crippen LogP contribution in [0.2, 0.25) is 0 Å². The lowest BCUT2D eigenvalue weighted by molar-refractivity contribution is 0.343. The summed E-state index contributed by atoms with van der Waals surface area (Å²) in [6.07, 6.45) is 8.77. The number of nitrogens with two attached hydrogens (primary N) is 1. The summed E-state index contributed by atoms with van der Waals surface area (Å²) in [5.41, 5.74) is 7.83. The van der Waals surface area contributed by atoms with E-state index in [1.165, 1.54) is 42.7 Å². The third-order valence-corrected chi connectivity index (χ3v) is 5.02. The lowest BCUT2D eigenvalue weighted by atomic mass is 9.77. The molecule has 0 aromatic heterocycles. The highest BCUT2D eigenvalue weighted by molar-refractivity contribution is 8.13. The number of hydrogen-bond donors (Lipinski definition) is 1. The molecule has 2 rings (SSSR count).